The quantitative estimate of drug-likeness (QED) is 0.158. The third-order valence-corrected chi connectivity index (χ3v) is 10.6. The van der Waals surface area contributed by atoms with Crippen molar-refractivity contribution < 1.29 is 0 Å². The number of pyridine rings is 1. The summed E-state index contributed by atoms with van der Waals surface area (Å²) >= 11 is 0. The first-order valence-electron chi connectivity index (χ1n) is 18.5. The average Bonchev–Trinajstić information content (AvgIpc) is 3.60. The summed E-state index contributed by atoms with van der Waals surface area (Å²) in [5.74, 6) is 0. The van der Waals surface area contributed by atoms with E-state index in [9.17, 15) is 0 Å². The van der Waals surface area contributed by atoms with E-state index < -0.39 is 0 Å². The van der Waals surface area contributed by atoms with E-state index >= 15 is 0 Å². The predicted octanol–water partition coefficient (Wildman–Crippen LogP) is 14.2. The molecule has 3 heteroatoms. The summed E-state index contributed by atoms with van der Waals surface area (Å²) in [5.41, 5.74) is 14.2. The van der Waals surface area contributed by atoms with Gasteiger partial charge in [-0.3, -0.25) is 0 Å². The van der Waals surface area contributed by atoms with Gasteiger partial charge in [-0.25, -0.2) is 9.83 Å². The van der Waals surface area contributed by atoms with Crippen LogP contribution in [0.15, 0.2) is 200 Å². The van der Waals surface area contributed by atoms with Crippen molar-refractivity contribution in [1.82, 2.24) is 9.55 Å². The number of para-hydroxylation sites is 2. The molecule has 0 saturated heterocycles. The molecule has 2 heterocycles. The van der Waals surface area contributed by atoms with Gasteiger partial charge in [0.25, 0.3) is 0 Å². The minimum Gasteiger partial charge on any atom is -0.309 e. The first kappa shape index (κ1) is 32.1. The number of hydrogen-bond donors (Lipinski definition) is 0. The van der Waals surface area contributed by atoms with Crippen LogP contribution in [0.1, 0.15) is 0 Å². The largest absolute Gasteiger partial charge is 0.309 e. The molecule has 0 unspecified atom stereocenters. The molecule has 55 heavy (non-hydrogen) atoms. The Morgan fingerprint density at radius 3 is 1.85 bits per heavy atom. The summed E-state index contributed by atoms with van der Waals surface area (Å²) in [5, 5.41) is 4.83. The van der Waals surface area contributed by atoms with Gasteiger partial charge in [0.15, 0.2) is 5.69 Å². The molecule has 0 aliphatic rings. The molecule has 3 nitrogen and oxygen atoms in total. The summed E-state index contributed by atoms with van der Waals surface area (Å²) in [6.45, 7) is 8.02. The fourth-order valence-corrected chi connectivity index (χ4v) is 7.88. The van der Waals surface area contributed by atoms with Crippen LogP contribution in [0.25, 0.3) is 99.0 Å². The van der Waals surface area contributed by atoms with Crippen LogP contribution in [0.4, 0.5) is 5.69 Å². The third-order valence-electron chi connectivity index (χ3n) is 10.6. The summed E-state index contributed by atoms with van der Waals surface area (Å²) < 4.78 is 2.37. The molecule has 0 fully saturated rings. The molecule has 0 saturated carbocycles. The highest BCUT2D eigenvalue weighted by molar-refractivity contribution is 6.10. The van der Waals surface area contributed by atoms with E-state index in [1.807, 2.05) is 30.3 Å². The zero-order valence-corrected chi connectivity index (χ0v) is 29.9. The molecule has 0 atom stereocenters. The Labute approximate surface area is 319 Å². The molecule has 0 aliphatic heterocycles. The third kappa shape index (κ3) is 5.83. The highest BCUT2D eigenvalue weighted by Crippen LogP contribution is 2.40. The lowest BCUT2D eigenvalue weighted by Crippen LogP contribution is -1.97. The van der Waals surface area contributed by atoms with Crippen LogP contribution >= 0.6 is 0 Å². The van der Waals surface area contributed by atoms with E-state index in [0.717, 1.165) is 55.9 Å². The molecule has 2 aromatic heterocycles. The zero-order chi connectivity index (χ0) is 36.7. The molecular weight excluding hydrogens is 667 g/mol. The highest BCUT2D eigenvalue weighted by atomic mass is 15.0. The van der Waals surface area contributed by atoms with Crippen LogP contribution in [-0.4, -0.2) is 9.55 Å². The van der Waals surface area contributed by atoms with Gasteiger partial charge in [0.2, 0.25) is 0 Å². The predicted molar refractivity (Wildman–Crippen MR) is 230 cm³/mol. The second kappa shape index (κ2) is 13.5. The summed E-state index contributed by atoms with van der Waals surface area (Å²) in [4.78, 5) is 9.17. The van der Waals surface area contributed by atoms with Crippen molar-refractivity contribution in [3.63, 3.8) is 0 Å². The van der Waals surface area contributed by atoms with Crippen LogP contribution in [0.2, 0.25) is 0 Å². The molecule has 10 aromatic rings. The Hall–Kier alpha value is -7.54. The van der Waals surface area contributed by atoms with Crippen LogP contribution < -0.4 is 0 Å². The molecule has 10 rings (SSSR count). The van der Waals surface area contributed by atoms with Crippen molar-refractivity contribution in [3.8, 4) is 61.6 Å². The maximum absolute atomic E-state index is 8.02. The fourth-order valence-electron chi connectivity index (χ4n) is 7.88. The van der Waals surface area contributed by atoms with Gasteiger partial charge in [0.1, 0.15) is 0 Å². The maximum Gasteiger partial charge on any atom is 0.194 e. The SMILES string of the molecule is [C-]#[N+]c1ccccc1-c1cc(-c2cccc(-c3ccc(-c4ccccc4)cc3)n2)cc(-n2c3ccccc3c3ccc(-c4ccc5ccccc5c4)cc32)c1. The first-order chi connectivity index (χ1) is 27.2. The maximum atomic E-state index is 8.02. The van der Waals surface area contributed by atoms with E-state index in [2.05, 4.69) is 179 Å². The Morgan fingerprint density at radius 1 is 0.382 bits per heavy atom. The zero-order valence-electron chi connectivity index (χ0n) is 29.9. The highest BCUT2D eigenvalue weighted by Gasteiger charge is 2.17. The number of nitrogens with zero attached hydrogens (tertiary/aromatic N) is 3. The molecule has 0 radical (unpaired) electrons. The van der Waals surface area contributed by atoms with E-state index in [-0.39, 0.29) is 0 Å². The summed E-state index contributed by atoms with van der Waals surface area (Å²) in [6, 6.07) is 70.4. The smallest absolute Gasteiger partial charge is 0.194 e. The molecule has 8 aromatic carbocycles. The molecule has 256 valence electrons. The number of benzene rings is 8. The second-order valence-corrected chi connectivity index (χ2v) is 13.9. The van der Waals surface area contributed by atoms with Gasteiger partial charge in [-0.05, 0) is 92.7 Å². The monoisotopic (exact) mass is 699 g/mol. The Bertz CT molecular complexity index is 3090. The summed E-state index contributed by atoms with van der Waals surface area (Å²) in [7, 11) is 0. The van der Waals surface area contributed by atoms with E-state index in [1.54, 1.807) is 0 Å². The molecular formula is C52H33N3. The molecule has 0 amide bonds. The first-order valence-corrected chi connectivity index (χ1v) is 18.5. The topological polar surface area (TPSA) is 22.2 Å². The van der Waals surface area contributed by atoms with Crippen molar-refractivity contribution in [1.29, 1.82) is 0 Å². The Morgan fingerprint density at radius 2 is 1.00 bits per heavy atom. The minimum atomic E-state index is 0.617. The minimum absolute atomic E-state index is 0.617. The molecule has 0 spiro atoms. The van der Waals surface area contributed by atoms with Crippen molar-refractivity contribution in [3.05, 3.63) is 212 Å². The van der Waals surface area contributed by atoms with Crippen molar-refractivity contribution >= 4 is 38.3 Å². The van der Waals surface area contributed by atoms with E-state index in [1.165, 1.54) is 38.2 Å². The Balaban J connectivity index is 1.16. The van der Waals surface area contributed by atoms with Gasteiger partial charge < -0.3 is 4.57 Å². The number of fused-ring (bicyclic) bond motifs is 4. The normalized spacial score (nSPS) is 11.3. The van der Waals surface area contributed by atoms with Crippen LogP contribution in [0.5, 0.6) is 0 Å². The number of rotatable bonds is 6. The van der Waals surface area contributed by atoms with Crippen LogP contribution in [0, 0.1) is 6.57 Å². The lowest BCUT2D eigenvalue weighted by Gasteiger charge is -2.15. The van der Waals surface area contributed by atoms with Crippen LogP contribution in [-0.2, 0) is 0 Å². The van der Waals surface area contributed by atoms with Gasteiger partial charge in [0.05, 0.1) is 29.0 Å². The number of hydrogen-bond acceptors (Lipinski definition) is 1. The molecule has 0 bridgehead atoms. The lowest BCUT2D eigenvalue weighted by molar-refractivity contribution is 1.18. The molecule has 0 aliphatic carbocycles. The van der Waals surface area contributed by atoms with E-state index in [4.69, 9.17) is 11.6 Å². The van der Waals surface area contributed by atoms with Gasteiger partial charge >= 0.3 is 0 Å². The van der Waals surface area contributed by atoms with Gasteiger partial charge in [-0.2, -0.15) is 0 Å². The Kier molecular flexibility index (Phi) is 7.86. The van der Waals surface area contributed by atoms with Crippen molar-refractivity contribution in [2.45, 2.75) is 0 Å². The standard InChI is InChI=1S/C52H33N3/c1-53-50-18-9-7-16-45(50)42-31-43(49-20-11-19-48(54-49)38-25-22-37(23-26-38)35-12-3-2-4-13-35)33-44(32-42)55-51-21-10-8-17-46(51)47-29-28-41(34-52(47)55)40-27-24-36-14-5-6-15-39(36)30-40/h2-34H. The van der Waals surface area contributed by atoms with Crippen LogP contribution in [0.3, 0.4) is 0 Å². The van der Waals surface area contributed by atoms with Gasteiger partial charge in [0, 0.05) is 27.6 Å². The average molecular weight is 700 g/mol. The van der Waals surface area contributed by atoms with Crippen molar-refractivity contribution in [2.24, 2.45) is 0 Å². The fraction of sp³-hybridized carbons (Fsp3) is 0. The number of aromatic nitrogens is 2. The van der Waals surface area contributed by atoms with Gasteiger partial charge in [-0.1, -0.05) is 152 Å². The second-order valence-electron chi connectivity index (χ2n) is 13.9. The lowest BCUT2D eigenvalue weighted by atomic mass is 9.98. The van der Waals surface area contributed by atoms with Gasteiger partial charge in [-0.15, -0.1) is 0 Å². The molecule has 0 N–H and O–H groups in total. The van der Waals surface area contributed by atoms with Crippen molar-refractivity contribution in [2.75, 3.05) is 0 Å². The summed E-state index contributed by atoms with van der Waals surface area (Å²) in [6.07, 6.45) is 0. The van der Waals surface area contributed by atoms with E-state index in [0.29, 0.717) is 5.69 Å².